The summed E-state index contributed by atoms with van der Waals surface area (Å²) in [5, 5.41) is 16.3. The summed E-state index contributed by atoms with van der Waals surface area (Å²) in [5.41, 5.74) is 2.60. The molecule has 2 bridgehead atoms. The summed E-state index contributed by atoms with van der Waals surface area (Å²) in [6.07, 6.45) is 6.22. The molecule has 2 atom stereocenters. The van der Waals surface area contributed by atoms with Crippen molar-refractivity contribution in [3.63, 3.8) is 0 Å². The largest absolute Gasteiger partial charge is 0.444 e. The van der Waals surface area contributed by atoms with Gasteiger partial charge >= 0.3 is 6.09 Å². The first-order chi connectivity index (χ1) is 18.4. The molecule has 6 rings (SSSR count). The fourth-order valence-electron chi connectivity index (χ4n) is 6.66. The Bertz CT molecular complexity index is 1410. The van der Waals surface area contributed by atoms with Gasteiger partial charge in [-0.2, -0.15) is 5.10 Å². The molecule has 2 aromatic heterocycles. The maximum Gasteiger partial charge on any atom is 0.410 e. The number of fused-ring (bicyclic) bond motifs is 3. The fraction of sp³-hybridized carbons (Fsp3) is 0.600. The van der Waals surface area contributed by atoms with Gasteiger partial charge in [0.1, 0.15) is 17.2 Å². The Morgan fingerprint density at radius 2 is 1.77 bits per heavy atom. The van der Waals surface area contributed by atoms with Crippen LogP contribution < -0.4 is 4.90 Å². The third kappa shape index (κ3) is 4.97. The van der Waals surface area contributed by atoms with Crippen molar-refractivity contribution in [1.82, 2.24) is 24.6 Å². The number of amides is 1. The molecule has 1 aliphatic carbocycles. The molecular weight excluding hydrogens is 492 g/mol. The highest BCUT2D eigenvalue weighted by Crippen LogP contribution is 2.40. The second-order valence-corrected chi connectivity index (χ2v) is 13.1. The minimum atomic E-state index is -0.551. The van der Waals surface area contributed by atoms with E-state index in [1.54, 1.807) is 0 Å². The highest BCUT2D eigenvalue weighted by Gasteiger charge is 2.47. The summed E-state index contributed by atoms with van der Waals surface area (Å²) in [6, 6.07) is 6.85. The van der Waals surface area contributed by atoms with Crippen molar-refractivity contribution in [3.8, 4) is 5.82 Å². The molecule has 1 saturated carbocycles. The third-order valence-electron chi connectivity index (χ3n) is 8.65. The van der Waals surface area contributed by atoms with Crippen molar-refractivity contribution >= 4 is 22.8 Å². The first-order valence-electron chi connectivity index (χ1n) is 14.2. The summed E-state index contributed by atoms with van der Waals surface area (Å²) in [5.74, 6) is 2.76. The molecule has 2 saturated heterocycles. The number of carbonyl (C=O) groups is 1. The lowest BCUT2D eigenvalue weighted by Gasteiger charge is -2.35. The molecule has 9 nitrogen and oxygen atoms in total. The number of aryl methyl sites for hydroxylation is 2. The number of aliphatic hydroxyl groups is 1. The van der Waals surface area contributed by atoms with Crippen LogP contribution in [0.2, 0.25) is 0 Å². The zero-order valence-corrected chi connectivity index (χ0v) is 23.9. The van der Waals surface area contributed by atoms with Crippen LogP contribution in [0.25, 0.3) is 16.7 Å². The Morgan fingerprint density at radius 1 is 1.05 bits per heavy atom. The SMILES string of the molecule is Cc1nc(N2C[C@@H]3C[C@H]2CN3C(=O)OC(C)(C)C)cc(-n2ncc3cc(C)c(C4CCC(C)(O)CC4)cc32)n1. The van der Waals surface area contributed by atoms with Crippen LogP contribution >= 0.6 is 0 Å². The second-order valence-electron chi connectivity index (χ2n) is 13.1. The number of hydrogen-bond acceptors (Lipinski definition) is 7. The Kier molecular flexibility index (Phi) is 6.13. The number of benzene rings is 1. The molecule has 208 valence electrons. The molecule has 1 aromatic carbocycles. The predicted molar refractivity (Wildman–Crippen MR) is 150 cm³/mol. The van der Waals surface area contributed by atoms with Crippen molar-refractivity contribution in [2.24, 2.45) is 0 Å². The molecule has 9 heteroatoms. The summed E-state index contributed by atoms with van der Waals surface area (Å²) in [4.78, 5) is 26.5. The van der Waals surface area contributed by atoms with Crippen LogP contribution in [-0.2, 0) is 4.74 Å². The van der Waals surface area contributed by atoms with Crippen LogP contribution in [0, 0.1) is 13.8 Å². The molecule has 2 aliphatic heterocycles. The lowest BCUT2D eigenvalue weighted by molar-refractivity contribution is 0.0170. The first-order valence-corrected chi connectivity index (χ1v) is 14.2. The summed E-state index contributed by atoms with van der Waals surface area (Å²) >= 11 is 0. The van der Waals surface area contributed by atoms with Crippen LogP contribution in [0.5, 0.6) is 0 Å². The maximum absolute atomic E-state index is 12.7. The number of rotatable bonds is 3. The number of hydrogen-bond donors (Lipinski definition) is 1. The van der Waals surface area contributed by atoms with Gasteiger partial charge in [0.2, 0.25) is 0 Å². The van der Waals surface area contributed by atoms with Gasteiger partial charge in [-0.1, -0.05) is 0 Å². The van der Waals surface area contributed by atoms with Gasteiger partial charge in [0.25, 0.3) is 0 Å². The number of aromatic nitrogens is 4. The second kappa shape index (κ2) is 9.18. The molecule has 3 aliphatic rings. The Labute approximate surface area is 230 Å². The Hall–Kier alpha value is -3.20. The zero-order valence-electron chi connectivity index (χ0n) is 23.9. The molecule has 1 amide bonds. The van der Waals surface area contributed by atoms with Gasteiger partial charge in [0.15, 0.2) is 5.82 Å². The quantitative estimate of drug-likeness (QED) is 0.505. The van der Waals surface area contributed by atoms with E-state index in [1.165, 1.54) is 11.1 Å². The van der Waals surface area contributed by atoms with Crippen molar-refractivity contribution in [1.29, 1.82) is 0 Å². The van der Waals surface area contributed by atoms with Gasteiger partial charge in [-0.15, -0.1) is 0 Å². The molecule has 1 N–H and O–H groups in total. The number of likely N-dealkylation sites (tertiary alicyclic amines) is 1. The highest BCUT2D eigenvalue weighted by atomic mass is 16.6. The fourth-order valence-corrected chi connectivity index (χ4v) is 6.66. The average Bonchev–Trinajstić information content (AvgIpc) is 3.56. The topological polar surface area (TPSA) is 96.6 Å². The van der Waals surface area contributed by atoms with Crippen molar-refractivity contribution in [2.45, 2.75) is 103 Å². The summed E-state index contributed by atoms with van der Waals surface area (Å²) in [7, 11) is 0. The minimum absolute atomic E-state index is 0.121. The van der Waals surface area contributed by atoms with Crippen LogP contribution in [0.3, 0.4) is 0 Å². The van der Waals surface area contributed by atoms with E-state index >= 15 is 0 Å². The third-order valence-corrected chi connectivity index (χ3v) is 8.65. The van der Waals surface area contributed by atoms with Crippen molar-refractivity contribution < 1.29 is 14.6 Å². The molecule has 3 aromatic rings. The van der Waals surface area contributed by atoms with Gasteiger partial charge in [-0.05, 0) is 103 Å². The van der Waals surface area contributed by atoms with Gasteiger partial charge in [-0.3, -0.25) is 0 Å². The van der Waals surface area contributed by atoms with Crippen LogP contribution in [-0.4, -0.2) is 72.2 Å². The molecule has 0 unspecified atom stereocenters. The molecule has 0 spiro atoms. The van der Waals surface area contributed by atoms with Gasteiger partial charge in [0.05, 0.1) is 29.4 Å². The minimum Gasteiger partial charge on any atom is -0.444 e. The molecule has 4 heterocycles. The van der Waals surface area contributed by atoms with Crippen molar-refractivity contribution in [2.75, 3.05) is 18.0 Å². The molecule has 39 heavy (non-hydrogen) atoms. The lowest BCUT2D eigenvalue weighted by Crippen LogP contribution is -2.50. The number of carbonyl (C=O) groups excluding carboxylic acids is 1. The Morgan fingerprint density at radius 3 is 2.44 bits per heavy atom. The maximum atomic E-state index is 12.7. The van der Waals surface area contributed by atoms with Gasteiger partial charge in [-0.25, -0.2) is 19.4 Å². The van der Waals surface area contributed by atoms with E-state index in [9.17, 15) is 9.90 Å². The number of piperazine rings is 1. The van der Waals surface area contributed by atoms with E-state index < -0.39 is 11.2 Å². The monoisotopic (exact) mass is 532 g/mol. The molecular formula is C30H40N6O3. The van der Waals surface area contributed by atoms with Crippen LogP contribution in [0.15, 0.2) is 24.4 Å². The van der Waals surface area contributed by atoms with Crippen LogP contribution in [0.4, 0.5) is 10.6 Å². The average molecular weight is 533 g/mol. The van der Waals surface area contributed by atoms with E-state index in [-0.39, 0.29) is 18.2 Å². The van der Waals surface area contributed by atoms with E-state index in [0.29, 0.717) is 18.3 Å². The van der Waals surface area contributed by atoms with Crippen molar-refractivity contribution in [3.05, 3.63) is 41.3 Å². The molecule has 3 fully saturated rings. The van der Waals surface area contributed by atoms with E-state index in [1.807, 2.05) is 56.5 Å². The Balaban J connectivity index is 1.27. The lowest BCUT2D eigenvalue weighted by atomic mass is 9.76. The van der Waals surface area contributed by atoms with E-state index in [2.05, 4.69) is 24.0 Å². The van der Waals surface area contributed by atoms with Gasteiger partial charge in [0, 0.05) is 24.5 Å². The first kappa shape index (κ1) is 26.0. The summed E-state index contributed by atoms with van der Waals surface area (Å²) in [6.45, 7) is 13.1. The zero-order chi connectivity index (χ0) is 27.7. The number of anilines is 1. The van der Waals surface area contributed by atoms with E-state index in [4.69, 9.17) is 19.8 Å². The van der Waals surface area contributed by atoms with E-state index in [0.717, 1.165) is 61.2 Å². The van der Waals surface area contributed by atoms with Crippen LogP contribution in [0.1, 0.15) is 82.7 Å². The molecule has 0 radical (unpaired) electrons. The predicted octanol–water partition coefficient (Wildman–Crippen LogP) is 5.04. The number of nitrogens with zero attached hydrogens (tertiary/aromatic N) is 6. The highest BCUT2D eigenvalue weighted by molar-refractivity contribution is 5.82. The standard InChI is InChI=1S/C30H40N6O3/c1-18-11-21-15-31-36(25(21)13-24(18)20-7-9-30(6,38)10-8-20)27-14-26(32-19(2)33-27)34-16-23-12-22(34)17-35(23)28(37)39-29(3,4)5/h11,13-15,20,22-23,38H,7-10,12,16-17H2,1-6H3/t20?,22-,23-,30?/m0/s1. The number of ether oxygens (including phenoxy) is 1. The van der Waals surface area contributed by atoms with Gasteiger partial charge < -0.3 is 19.6 Å². The summed E-state index contributed by atoms with van der Waals surface area (Å²) < 4.78 is 7.56. The normalized spacial score (nSPS) is 27.0. The smallest absolute Gasteiger partial charge is 0.410 e.